The summed E-state index contributed by atoms with van der Waals surface area (Å²) in [5, 5.41) is 37.2. The molecule has 109 valence electrons. The Morgan fingerprint density at radius 1 is 0.941 bits per heavy atom. The zero-order valence-electron chi connectivity index (χ0n) is 8.15. The van der Waals surface area contributed by atoms with E-state index in [2.05, 4.69) is 0 Å². The molecule has 0 aromatic carbocycles. The van der Waals surface area contributed by atoms with Crippen LogP contribution >= 0.6 is 0 Å². The molecule has 0 heterocycles. The van der Waals surface area contributed by atoms with E-state index in [0.717, 1.165) is 0 Å². The van der Waals surface area contributed by atoms with E-state index < -0.39 is 36.4 Å². The second kappa shape index (κ2) is 11.5. The number of aliphatic carboxylic acids is 3. The van der Waals surface area contributed by atoms with Crippen LogP contribution in [0.4, 0.5) is 0 Å². The van der Waals surface area contributed by atoms with Gasteiger partial charge in [0, 0.05) is 47.2 Å². The third-order valence-electron chi connectivity index (χ3n) is 1.27. The molecule has 0 aliphatic rings. The van der Waals surface area contributed by atoms with Gasteiger partial charge < -0.3 is 46.4 Å². The Labute approximate surface area is 110 Å². The quantitative estimate of drug-likeness (QED) is 0.453. The molecule has 0 fully saturated rings. The molecule has 0 amide bonds. The number of carboxylic acid groups (broad SMARTS) is 3. The second-order valence-electron chi connectivity index (χ2n) is 2.43. The number of carbonyl (C=O) groups is 3. The molecule has 0 aromatic rings. The average Bonchev–Trinajstić information content (AvgIpc) is 1.82. The molecule has 0 saturated carbocycles. The molecule has 0 aromatic heterocycles. The van der Waals surface area contributed by atoms with Crippen molar-refractivity contribution in [3.8, 4) is 0 Å². The summed E-state index contributed by atoms with van der Waals surface area (Å²) in [6.45, 7) is 0. The van der Waals surface area contributed by atoms with Crippen molar-refractivity contribution in [2.75, 3.05) is 0 Å². The van der Waals surface area contributed by atoms with E-state index in [1.165, 1.54) is 0 Å². The van der Waals surface area contributed by atoms with Crippen LogP contribution in [-0.2, 0) is 36.8 Å². The minimum atomic E-state index is -2.86. The summed E-state index contributed by atoms with van der Waals surface area (Å²) in [7, 11) is 0. The maximum Gasteiger partial charge on any atom is 0.336 e. The third-order valence-corrected chi connectivity index (χ3v) is 1.27. The number of carboxylic acids is 3. The molecule has 0 bridgehead atoms. The van der Waals surface area contributed by atoms with Crippen LogP contribution in [0.15, 0.2) is 0 Å². The van der Waals surface area contributed by atoms with Crippen LogP contribution in [0.3, 0.4) is 0 Å². The Bertz CT molecular complexity index is 235. The van der Waals surface area contributed by atoms with Gasteiger partial charge in [0.1, 0.15) is 0 Å². The molecule has 8 N–H and O–H groups in total. The molecule has 0 atom stereocenters. The van der Waals surface area contributed by atoms with Gasteiger partial charge in [-0.15, -0.1) is 0 Å². The first-order valence-electron chi connectivity index (χ1n) is 3.13. The number of hydrogen-bond donors (Lipinski definition) is 2. The molecule has 0 saturated heterocycles. The van der Waals surface area contributed by atoms with Crippen molar-refractivity contribution in [1.29, 1.82) is 0 Å². The first kappa shape index (κ1) is 29.7. The summed E-state index contributed by atoms with van der Waals surface area (Å²) in [5.41, 5.74) is -2.86. The fourth-order valence-electron chi connectivity index (χ4n) is 0.691. The molecule has 0 rings (SSSR count). The zero-order chi connectivity index (χ0) is 10.6. The molecular weight excluding hydrogens is 340 g/mol. The summed E-state index contributed by atoms with van der Waals surface area (Å²) in [4.78, 5) is 30.2. The van der Waals surface area contributed by atoms with Gasteiger partial charge in [-0.3, -0.25) is 0 Å². The fraction of sp³-hybridized carbons (Fsp3) is 0.500. The first-order chi connectivity index (χ1) is 5.78. The predicted molar refractivity (Wildman–Crippen MR) is 42.7 cm³/mol. The number of carbonyl (C=O) groups excluding carboxylic acids is 2. The summed E-state index contributed by atoms with van der Waals surface area (Å²) in [6.07, 6.45) is -2.59. The molecule has 1 radical (unpaired) electrons. The van der Waals surface area contributed by atoms with E-state index >= 15 is 0 Å². The van der Waals surface area contributed by atoms with Gasteiger partial charge in [-0.1, -0.05) is 0 Å². The molecule has 11 heteroatoms. The maximum absolute atomic E-state index is 10.3. The van der Waals surface area contributed by atoms with Crippen LogP contribution < -0.4 is 10.2 Å². The normalized spacial score (nSPS) is 8.29. The van der Waals surface area contributed by atoms with E-state index in [9.17, 15) is 24.6 Å². The van der Waals surface area contributed by atoms with Crippen molar-refractivity contribution < 1.29 is 73.6 Å². The number of hydrogen-bond acceptors (Lipinski definition) is 6. The largest absolute Gasteiger partial charge is 0.550 e. The SMILES string of the molecule is O.O.O.O=C([O-])CC(O)(CC(=O)[O-])C(=O)O.[Ag]. The first-order valence-corrected chi connectivity index (χ1v) is 3.13. The van der Waals surface area contributed by atoms with Gasteiger partial charge in [-0.05, 0) is 0 Å². The molecule has 0 aliphatic heterocycles. The molecule has 0 aliphatic carbocycles. The summed E-state index contributed by atoms with van der Waals surface area (Å²) in [5.74, 6) is -5.65. The molecule has 10 nitrogen and oxygen atoms in total. The summed E-state index contributed by atoms with van der Waals surface area (Å²) in [6, 6.07) is 0. The Kier molecular flexibility index (Phi) is 20.1. The van der Waals surface area contributed by atoms with Crippen molar-refractivity contribution in [2.45, 2.75) is 18.4 Å². The van der Waals surface area contributed by atoms with Crippen molar-refractivity contribution in [1.82, 2.24) is 0 Å². The Balaban J connectivity index is -0.000000120. The second-order valence-corrected chi connectivity index (χ2v) is 2.43. The average molecular weight is 352 g/mol. The topological polar surface area (TPSA) is 232 Å². The zero-order valence-corrected chi connectivity index (χ0v) is 9.63. The monoisotopic (exact) mass is 351 g/mol. The predicted octanol–water partition coefficient (Wildman–Crippen LogP) is -6.39. The standard InChI is InChI=1S/C6H8O7.Ag.3H2O/c7-3(8)1-6(13,5(11)12)2-4(9)10;;;;/h13H,1-2H2,(H,7,8)(H,9,10)(H,11,12);;3*1H2/p-2. The minimum Gasteiger partial charge on any atom is -0.550 e. The van der Waals surface area contributed by atoms with E-state index in [4.69, 9.17) is 10.2 Å². The number of aliphatic hydroxyl groups is 1. The van der Waals surface area contributed by atoms with Crippen molar-refractivity contribution in [3.05, 3.63) is 0 Å². The van der Waals surface area contributed by atoms with Crippen LogP contribution in [0.25, 0.3) is 0 Å². The Hall–Kier alpha value is -1.01. The van der Waals surface area contributed by atoms with E-state index in [-0.39, 0.29) is 38.8 Å². The molecule has 0 spiro atoms. The third kappa shape index (κ3) is 11.3. The molecular formula is C6H12AgO10-2. The van der Waals surface area contributed by atoms with Crippen LogP contribution in [0.1, 0.15) is 12.8 Å². The molecule has 17 heavy (non-hydrogen) atoms. The van der Waals surface area contributed by atoms with E-state index in [1.807, 2.05) is 0 Å². The van der Waals surface area contributed by atoms with Crippen LogP contribution in [-0.4, -0.2) is 50.2 Å². The van der Waals surface area contributed by atoms with Gasteiger partial charge in [-0.2, -0.15) is 0 Å². The van der Waals surface area contributed by atoms with Gasteiger partial charge >= 0.3 is 5.97 Å². The van der Waals surface area contributed by atoms with Crippen molar-refractivity contribution in [2.24, 2.45) is 0 Å². The summed E-state index contributed by atoms with van der Waals surface area (Å²) < 4.78 is 0. The van der Waals surface area contributed by atoms with Crippen molar-refractivity contribution in [3.63, 3.8) is 0 Å². The fourth-order valence-corrected chi connectivity index (χ4v) is 0.691. The Morgan fingerprint density at radius 2 is 1.18 bits per heavy atom. The Morgan fingerprint density at radius 3 is 1.29 bits per heavy atom. The van der Waals surface area contributed by atoms with Crippen LogP contribution in [0, 0.1) is 0 Å². The van der Waals surface area contributed by atoms with Crippen LogP contribution in [0.2, 0.25) is 0 Å². The van der Waals surface area contributed by atoms with E-state index in [1.54, 1.807) is 0 Å². The van der Waals surface area contributed by atoms with Gasteiger partial charge in [0.25, 0.3) is 0 Å². The van der Waals surface area contributed by atoms with Crippen molar-refractivity contribution >= 4 is 17.9 Å². The van der Waals surface area contributed by atoms with Gasteiger partial charge in [0.15, 0.2) is 5.60 Å². The number of rotatable bonds is 5. The maximum atomic E-state index is 10.3. The smallest absolute Gasteiger partial charge is 0.336 e. The summed E-state index contributed by atoms with van der Waals surface area (Å²) >= 11 is 0. The molecule has 0 unspecified atom stereocenters. The van der Waals surface area contributed by atoms with E-state index in [0.29, 0.717) is 0 Å². The van der Waals surface area contributed by atoms with Crippen LogP contribution in [0.5, 0.6) is 0 Å². The minimum absolute atomic E-state index is 0. The van der Waals surface area contributed by atoms with Gasteiger partial charge in [0.05, 0.1) is 0 Å². The van der Waals surface area contributed by atoms with Gasteiger partial charge in [-0.25, -0.2) is 4.79 Å². The van der Waals surface area contributed by atoms with Gasteiger partial charge in [0.2, 0.25) is 0 Å².